The Labute approximate surface area is 137 Å². The maximum Gasteiger partial charge on any atom is 0.228 e. The van der Waals surface area contributed by atoms with Crippen molar-refractivity contribution in [1.82, 2.24) is 19.7 Å². The number of allylic oxidation sites excluding steroid dienone is 1. The molecule has 0 aliphatic carbocycles. The van der Waals surface area contributed by atoms with Gasteiger partial charge < -0.3 is 10.1 Å². The largest absolute Gasteiger partial charge is 0.507 e. The summed E-state index contributed by atoms with van der Waals surface area (Å²) in [7, 11) is 1.65. The zero-order valence-electron chi connectivity index (χ0n) is 12.9. The number of H-pyrrole nitrogens is 1. The summed E-state index contributed by atoms with van der Waals surface area (Å²) in [5.74, 6) is -0.947. The van der Waals surface area contributed by atoms with Gasteiger partial charge in [0.1, 0.15) is 17.9 Å². The van der Waals surface area contributed by atoms with Crippen LogP contribution in [-0.4, -0.2) is 30.6 Å². The molecule has 6 nitrogen and oxygen atoms in total. The highest BCUT2D eigenvalue weighted by atomic mass is 19.1. The van der Waals surface area contributed by atoms with Crippen LogP contribution in [0.1, 0.15) is 27.3 Å². The third-order valence-electron chi connectivity index (χ3n) is 3.50. The summed E-state index contributed by atoms with van der Waals surface area (Å²) in [5, 5.41) is 14.1. The standard InChI is InChI=1S/C17H15FN4O2/c1-22-10-20-17(21-22)16(24)7-15(23)14-9-19-8-12(14)6-11-2-4-13(18)5-3-11/h2-5,7-10,19,23H,6H2,1H3. The van der Waals surface area contributed by atoms with Crippen LogP contribution in [0.25, 0.3) is 5.76 Å². The molecule has 0 bridgehead atoms. The molecule has 3 aromatic rings. The molecular formula is C17H15FN4O2. The Kier molecular flexibility index (Phi) is 4.24. The quantitative estimate of drug-likeness (QED) is 0.429. The molecule has 0 aliphatic rings. The predicted molar refractivity (Wildman–Crippen MR) is 85.9 cm³/mol. The van der Waals surface area contributed by atoms with Crippen molar-refractivity contribution in [1.29, 1.82) is 0 Å². The first-order valence-electron chi connectivity index (χ1n) is 7.24. The lowest BCUT2D eigenvalue weighted by atomic mass is 10.0. The molecule has 0 aliphatic heterocycles. The molecule has 2 aromatic heterocycles. The van der Waals surface area contributed by atoms with Crippen LogP contribution in [-0.2, 0) is 13.5 Å². The Balaban J connectivity index is 1.82. The summed E-state index contributed by atoms with van der Waals surface area (Å²) in [6.07, 6.45) is 6.32. The van der Waals surface area contributed by atoms with Gasteiger partial charge in [-0.2, -0.15) is 0 Å². The Morgan fingerprint density at radius 1 is 1.33 bits per heavy atom. The molecule has 0 spiro atoms. The average Bonchev–Trinajstić information content (AvgIpc) is 3.18. The summed E-state index contributed by atoms with van der Waals surface area (Å²) in [6.45, 7) is 0. The van der Waals surface area contributed by atoms with Gasteiger partial charge in [-0.15, -0.1) is 5.10 Å². The fourth-order valence-corrected chi connectivity index (χ4v) is 2.32. The fourth-order valence-electron chi connectivity index (χ4n) is 2.32. The van der Waals surface area contributed by atoms with Crippen LogP contribution in [0.2, 0.25) is 0 Å². The van der Waals surface area contributed by atoms with E-state index in [1.54, 1.807) is 31.6 Å². The summed E-state index contributed by atoms with van der Waals surface area (Å²) in [5.41, 5.74) is 2.18. The molecule has 24 heavy (non-hydrogen) atoms. The zero-order chi connectivity index (χ0) is 17.1. The number of aliphatic hydroxyl groups excluding tert-OH is 1. The summed E-state index contributed by atoms with van der Waals surface area (Å²) in [6, 6.07) is 6.12. The molecule has 7 heteroatoms. The maximum absolute atomic E-state index is 13.0. The number of hydrogen-bond donors (Lipinski definition) is 2. The molecule has 0 radical (unpaired) electrons. The number of aliphatic hydroxyl groups is 1. The fraction of sp³-hybridized carbons (Fsp3) is 0.118. The molecule has 122 valence electrons. The Bertz CT molecular complexity index is 893. The second kappa shape index (κ2) is 6.49. The third kappa shape index (κ3) is 3.40. The van der Waals surface area contributed by atoms with E-state index in [9.17, 15) is 14.3 Å². The van der Waals surface area contributed by atoms with Crippen LogP contribution in [0.15, 0.2) is 49.1 Å². The number of aromatic amines is 1. The van der Waals surface area contributed by atoms with Crippen LogP contribution in [0.4, 0.5) is 4.39 Å². The number of benzene rings is 1. The van der Waals surface area contributed by atoms with E-state index < -0.39 is 5.78 Å². The van der Waals surface area contributed by atoms with Gasteiger partial charge in [0.05, 0.1) is 0 Å². The summed E-state index contributed by atoms with van der Waals surface area (Å²) >= 11 is 0. The van der Waals surface area contributed by atoms with Gasteiger partial charge in [0.15, 0.2) is 0 Å². The van der Waals surface area contributed by atoms with Gasteiger partial charge in [0.2, 0.25) is 11.6 Å². The van der Waals surface area contributed by atoms with E-state index in [1.165, 1.54) is 23.1 Å². The molecule has 1 aromatic carbocycles. The number of rotatable bonds is 5. The van der Waals surface area contributed by atoms with Crippen LogP contribution in [0, 0.1) is 5.82 Å². The highest BCUT2D eigenvalue weighted by Crippen LogP contribution is 2.20. The van der Waals surface area contributed by atoms with E-state index in [4.69, 9.17) is 0 Å². The third-order valence-corrected chi connectivity index (χ3v) is 3.50. The summed E-state index contributed by atoms with van der Waals surface area (Å²) < 4.78 is 14.4. The molecule has 0 unspecified atom stereocenters. The minimum absolute atomic E-state index is 0.0136. The van der Waals surface area contributed by atoms with Gasteiger partial charge in [0, 0.05) is 31.1 Å². The average molecular weight is 326 g/mol. The molecule has 0 amide bonds. The first kappa shape index (κ1) is 15.7. The van der Waals surface area contributed by atoms with Gasteiger partial charge in [-0.05, 0) is 29.7 Å². The highest BCUT2D eigenvalue weighted by Gasteiger charge is 2.13. The van der Waals surface area contributed by atoms with Gasteiger partial charge in [-0.3, -0.25) is 9.48 Å². The molecule has 2 N–H and O–H groups in total. The number of hydrogen-bond acceptors (Lipinski definition) is 4. The van der Waals surface area contributed by atoms with E-state index in [1.807, 2.05) is 0 Å². The number of aromatic nitrogens is 4. The van der Waals surface area contributed by atoms with Crippen molar-refractivity contribution in [2.45, 2.75) is 6.42 Å². The van der Waals surface area contributed by atoms with E-state index in [-0.39, 0.29) is 17.4 Å². The van der Waals surface area contributed by atoms with Gasteiger partial charge in [-0.1, -0.05) is 12.1 Å². The van der Waals surface area contributed by atoms with Crippen molar-refractivity contribution in [3.63, 3.8) is 0 Å². The minimum Gasteiger partial charge on any atom is -0.507 e. The monoisotopic (exact) mass is 326 g/mol. The Morgan fingerprint density at radius 2 is 2.08 bits per heavy atom. The second-order valence-electron chi connectivity index (χ2n) is 5.33. The lowest BCUT2D eigenvalue weighted by molar-refractivity contribution is 0.103. The van der Waals surface area contributed by atoms with E-state index in [0.29, 0.717) is 12.0 Å². The van der Waals surface area contributed by atoms with E-state index in [0.717, 1.165) is 17.2 Å². The Hall–Kier alpha value is -3.22. The lowest BCUT2D eigenvalue weighted by Gasteiger charge is -2.04. The molecular weight excluding hydrogens is 311 g/mol. The van der Waals surface area contributed by atoms with Crippen molar-refractivity contribution in [3.8, 4) is 0 Å². The number of ketones is 1. The number of aryl methyl sites for hydroxylation is 1. The molecule has 3 rings (SSSR count). The number of halogens is 1. The molecule has 0 atom stereocenters. The lowest BCUT2D eigenvalue weighted by Crippen LogP contribution is -2.01. The second-order valence-corrected chi connectivity index (χ2v) is 5.33. The van der Waals surface area contributed by atoms with Crippen molar-refractivity contribution in [2.24, 2.45) is 7.05 Å². The topological polar surface area (TPSA) is 83.8 Å². The van der Waals surface area contributed by atoms with Gasteiger partial charge in [0.25, 0.3) is 0 Å². The van der Waals surface area contributed by atoms with Crippen molar-refractivity contribution >= 4 is 11.5 Å². The molecule has 0 saturated heterocycles. The molecule has 2 heterocycles. The smallest absolute Gasteiger partial charge is 0.228 e. The van der Waals surface area contributed by atoms with Crippen LogP contribution >= 0.6 is 0 Å². The van der Waals surface area contributed by atoms with Crippen LogP contribution in [0.3, 0.4) is 0 Å². The first-order valence-corrected chi connectivity index (χ1v) is 7.24. The highest BCUT2D eigenvalue weighted by molar-refractivity contribution is 6.05. The first-order chi connectivity index (χ1) is 11.5. The van der Waals surface area contributed by atoms with Gasteiger partial charge in [-0.25, -0.2) is 9.37 Å². The number of nitrogens with zero attached hydrogens (tertiary/aromatic N) is 3. The van der Waals surface area contributed by atoms with Crippen molar-refractivity contribution in [3.05, 3.63) is 77.4 Å². The Morgan fingerprint density at radius 3 is 2.75 bits per heavy atom. The summed E-state index contributed by atoms with van der Waals surface area (Å²) in [4.78, 5) is 18.8. The normalized spacial score (nSPS) is 11.7. The maximum atomic E-state index is 13.0. The van der Waals surface area contributed by atoms with Crippen molar-refractivity contribution in [2.75, 3.05) is 0 Å². The van der Waals surface area contributed by atoms with Crippen LogP contribution < -0.4 is 0 Å². The molecule has 0 fully saturated rings. The van der Waals surface area contributed by atoms with E-state index in [2.05, 4.69) is 15.1 Å². The predicted octanol–water partition coefficient (Wildman–Crippen LogP) is 2.65. The van der Waals surface area contributed by atoms with Crippen molar-refractivity contribution < 1.29 is 14.3 Å². The number of nitrogens with one attached hydrogen (secondary N) is 1. The molecule has 0 saturated carbocycles. The zero-order valence-corrected chi connectivity index (χ0v) is 12.9. The van der Waals surface area contributed by atoms with Gasteiger partial charge >= 0.3 is 0 Å². The SMILES string of the molecule is Cn1cnc(C(=O)C=C(O)c2c[nH]cc2Cc2ccc(F)cc2)n1. The minimum atomic E-state index is -0.484. The number of carbonyl (C=O) groups is 1. The van der Waals surface area contributed by atoms with E-state index >= 15 is 0 Å². The van der Waals surface area contributed by atoms with Crippen LogP contribution in [0.5, 0.6) is 0 Å². The number of carbonyl (C=O) groups excluding carboxylic acids is 1.